The Kier molecular flexibility index (Phi) is 3.82. The molecule has 1 N–H and O–H groups in total. The smallest absolute Gasteiger partial charge is 0.348 e. The quantitative estimate of drug-likeness (QED) is 0.535. The zero-order valence-electron chi connectivity index (χ0n) is 13.2. The Bertz CT molecular complexity index is 1070. The topological polar surface area (TPSA) is 55.0 Å². The van der Waals surface area contributed by atoms with Crippen molar-refractivity contribution >= 4 is 28.3 Å². The van der Waals surface area contributed by atoms with Gasteiger partial charge in [-0.2, -0.15) is 0 Å². The van der Waals surface area contributed by atoms with E-state index in [-0.39, 0.29) is 11.8 Å². The molecule has 0 aliphatic carbocycles. The van der Waals surface area contributed by atoms with Gasteiger partial charge in [-0.3, -0.25) is 0 Å². The number of benzene rings is 1. The number of carbonyl (C=O) groups excluding carboxylic acids is 1. The molecule has 4 nitrogen and oxygen atoms in total. The van der Waals surface area contributed by atoms with Crippen molar-refractivity contribution < 1.29 is 13.9 Å². The van der Waals surface area contributed by atoms with Gasteiger partial charge in [0.1, 0.15) is 16.3 Å². The lowest BCUT2D eigenvalue weighted by Gasteiger charge is -1.97. The third-order valence-electron chi connectivity index (χ3n) is 3.94. The van der Waals surface area contributed by atoms with E-state index in [0.717, 1.165) is 33.4 Å². The van der Waals surface area contributed by atoms with Crippen molar-refractivity contribution in [2.24, 2.45) is 0 Å². The highest BCUT2D eigenvalue weighted by Crippen LogP contribution is 2.30. The summed E-state index contributed by atoms with van der Waals surface area (Å²) in [6.45, 7) is 0. The van der Waals surface area contributed by atoms with Crippen LogP contribution >= 0.6 is 11.3 Å². The zero-order chi connectivity index (χ0) is 17.4. The van der Waals surface area contributed by atoms with Crippen molar-refractivity contribution in [1.29, 1.82) is 0 Å². The summed E-state index contributed by atoms with van der Waals surface area (Å²) >= 11 is 1.34. The maximum Gasteiger partial charge on any atom is 0.348 e. The first kappa shape index (κ1) is 15.5. The van der Waals surface area contributed by atoms with Crippen molar-refractivity contribution in [2.75, 3.05) is 7.11 Å². The summed E-state index contributed by atoms with van der Waals surface area (Å²) in [4.78, 5) is 19.8. The van der Waals surface area contributed by atoms with Crippen molar-refractivity contribution in [2.45, 2.75) is 0 Å². The molecule has 0 atom stereocenters. The molecule has 0 fully saturated rings. The van der Waals surface area contributed by atoms with Crippen molar-refractivity contribution in [3.8, 4) is 22.4 Å². The van der Waals surface area contributed by atoms with Crippen LogP contribution in [0.3, 0.4) is 0 Å². The third kappa shape index (κ3) is 2.92. The molecule has 0 radical (unpaired) electrons. The largest absolute Gasteiger partial charge is 0.465 e. The summed E-state index contributed by atoms with van der Waals surface area (Å²) in [5.74, 6) is -0.607. The van der Waals surface area contributed by atoms with Crippen LogP contribution in [-0.4, -0.2) is 23.0 Å². The minimum absolute atomic E-state index is 0.265. The number of ether oxygens (including phenoxy) is 1. The predicted octanol–water partition coefficient (Wildman–Crippen LogP) is 4.88. The van der Waals surface area contributed by atoms with E-state index >= 15 is 0 Å². The number of H-pyrrole nitrogens is 1. The molecule has 25 heavy (non-hydrogen) atoms. The van der Waals surface area contributed by atoms with E-state index < -0.39 is 0 Å². The molecular formula is C19H13FN2O2S. The lowest BCUT2D eigenvalue weighted by Crippen LogP contribution is -1.96. The number of rotatable bonds is 3. The van der Waals surface area contributed by atoms with Gasteiger partial charge in [-0.05, 0) is 59.0 Å². The van der Waals surface area contributed by atoms with E-state index in [0.29, 0.717) is 4.88 Å². The van der Waals surface area contributed by atoms with Gasteiger partial charge in [-0.25, -0.2) is 14.2 Å². The van der Waals surface area contributed by atoms with Crippen LogP contribution in [0, 0.1) is 5.82 Å². The molecule has 0 unspecified atom stereocenters. The Morgan fingerprint density at radius 1 is 1.12 bits per heavy atom. The van der Waals surface area contributed by atoms with Crippen LogP contribution < -0.4 is 0 Å². The Hall–Kier alpha value is -2.99. The molecule has 3 aromatic heterocycles. The summed E-state index contributed by atoms with van der Waals surface area (Å²) in [6, 6.07) is 12.1. The fourth-order valence-electron chi connectivity index (χ4n) is 2.65. The fourth-order valence-corrected chi connectivity index (χ4v) is 3.49. The van der Waals surface area contributed by atoms with Crippen LogP contribution in [0.2, 0.25) is 0 Å². The molecule has 0 aliphatic rings. The number of hydrogen-bond donors (Lipinski definition) is 1. The number of carbonyl (C=O) groups is 1. The predicted molar refractivity (Wildman–Crippen MR) is 96.1 cm³/mol. The van der Waals surface area contributed by atoms with Crippen LogP contribution in [0.4, 0.5) is 4.39 Å². The number of pyridine rings is 1. The van der Waals surface area contributed by atoms with Crippen LogP contribution in [0.1, 0.15) is 9.67 Å². The molecule has 4 aromatic rings. The fraction of sp³-hybridized carbons (Fsp3) is 0.0526. The number of aromatic amines is 1. The first-order valence-electron chi connectivity index (χ1n) is 7.56. The van der Waals surface area contributed by atoms with Crippen LogP contribution in [0.25, 0.3) is 33.4 Å². The van der Waals surface area contributed by atoms with Crippen molar-refractivity contribution in [3.63, 3.8) is 0 Å². The van der Waals surface area contributed by atoms with Crippen LogP contribution in [0.15, 0.2) is 54.0 Å². The number of halogens is 1. The number of aromatic nitrogens is 2. The molecule has 3 heterocycles. The molecule has 6 heteroatoms. The summed E-state index contributed by atoms with van der Waals surface area (Å²) in [7, 11) is 1.37. The summed E-state index contributed by atoms with van der Waals surface area (Å²) < 4.78 is 17.8. The van der Waals surface area contributed by atoms with E-state index in [1.807, 2.05) is 17.5 Å². The molecule has 0 saturated carbocycles. The van der Waals surface area contributed by atoms with Crippen molar-refractivity contribution in [3.05, 3.63) is 64.7 Å². The van der Waals surface area contributed by atoms with Gasteiger partial charge in [-0.1, -0.05) is 0 Å². The second-order valence-corrected chi connectivity index (χ2v) is 6.45. The van der Waals surface area contributed by atoms with E-state index in [2.05, 4.69) is 9.97 Å². The van der Waals surface area contributed by atoms with Crippen LogP contribution in [-0.2, 0) is 4.74 Å². The Morgan fingerprint density at radius 3 is 2.68 bits per heavy atom. The number of hydrogen-bond acceptors (Lipinski definition) is 4. The maximum atomic E-state index is 13.1. The van der Waals surface area contributed by atoms with Gasteiger partial charge < -0.3 is 9.72 Å². The molecule has 4 rings (SSSR count). The normalized spacial score (nSPS) is 11.0. The Morgan fingerprint density at radius 2 is 1.92 bits per heavy atom. The highest BCUT2D eigenvalue weighted by atomic mass is 32.1. The highest BCUT2D eigenvalue weighted by molar-refractivity contribution is 7.12. The molecule has 124 valence electrons. The average Bonchev–Trinajstić information content (AvgIpc) is 3.28. The van der Waals surface area contributed by atoms with Gasteiger partial charge in [-0.15, -0.1) is 11.3 Å². The number of esters is 1. The Balaban J connectivity index is 1.72. The first-order chi connectivity index (χ1) is 12.1. The monoisotopic (exact) mass is 352 g/mol. The van der Waals surface area contributed by atoms with E-state index in [4.69, 9.17) is 4.74 Å². The Labute approximate surface area is 146 Å². The van der Waals surface area contributed by atoms with Gasteiger partial charge in [0.2, 0.25) is 0 Å². The number of thiophene rings is 1. The lowest BCUT2D eigenvalue weighted by molar-refractivity contribution is 0.0606. The third-order valence-corrected chi connectivity index (χ3v) is 4.85. The van der Waals surface area contributed by atoms with Gasteiger partial charge in [0.05, 0.1) is 7.11 Å². The molecular weight excluding hydrogens is 339 g/mol. The van der Waals surface area contributed by atoms with Crippen molar-refractivity contribution in [1.82, 2.24) is 9.97 Å². The summed E-state index contributed by atoms with van der Waals surface area (Å²) in [6.07, 6.45) is 1.76. The molecule has 0 bridgehead atoms. The number of methoxy groups -OCH3 is 1. The second-order valence-electron chi connectivity index (χ2n) is 5.54. The second kappa shape index (κ2) is 6.14. The average molecular weight is 352 g/mol. The maximum absolute atomic E-state index is 13.1. The molecule has 0 amide bonds. The van der Waals surface area contributed by atoms with E-state index in [1.54, 1.807) is 24.4 Å². The number of nitrogens with one attached hydrogen (secondary N) is 1. The minimum atomic E-state index is -0.342. The van der Waals surface area contributed by atoms with E-state index in [1.165, 1.54) is 30.6 Å². The van der Waals surface area contributed by atoms with Gasteiger partial charge >= 0.3 is 5.97 Å². The first-order valence-corrected chi connectivity index (χ1v) is 8.44. The van der Waals surface area contributed by atoms with Gasteiger partial charge in [0.25, 0.3) is 0 Å². The SMILES string of the molecule is COC(=O)c1cc(-c2cnc3[nH]c(-c4ccc(F)cc4)cc3c2)cs1. The van der Waals surface area contributed by atoms with E-state index in [9.17, 15) is 9.18 Å². The van der Waals surface area contributed by atoms with Gasteiger partial charge in [0, 0.05) is 22.8 Å². The standard InChI is InChI=1S/C19H13FN2O2S/c1-24-19(23)17-8-14(10-25-17)13-6-12-7-16(22-18(12)21-9-13)11-2-4-15(20)5-3-11/h2-10H,1H3,(H,21,22). The zero-order valence-corrected chi connectivity index (χ0v) is 14.1. The molecule has 0 saturated heterocycles. The highest BCUT2D eigenvalue weighted by Gasteiger charge is 2.12. The molecule has 0 spiro atoms. The number of fused-ring (bicyclic) bond motifs is 1. The molecule has 0 aliphatic heterocycles. The van der Waals surface area contributed by atoms with Crippen LogP contribution in [0.5, 0.6) is 0 Å². The number of nitrogens with zero attached hydrogens (tertiary/aromatic N) is 1. The molecule has 1 aromatic carbocycles. The summed E-state index contributed by atoms with van der Waals surface area (Å²) in [5, 5.41) is 2.85. The minimum Gasteiger partial charge on any atom is -0.465 e. The lowest BCUT2D eigenvalue weighted by atomic mass is 10.1. The van der Waals surface area contributed by atoms with Gasteiger partial charge in [0.15, 0.2) is 0 Å². The summed E-state index contributed by atoms with van der Waals surface area (Å²) in [5.41, 5.74) is 4.36.